The summed E-state index contributed by atoms with van der Waals surface area (Å²) in [7, 11) is 1.48. The molecule has 1 N–H and O–H groups in total. The highest BCUT2D eigenvalue weighted by Gasteiger charge is 2.30. The quantitative estimate of drug-likeness (QED) is 0.645. The first-order valence-electron chi connectivity index (χ1n) is 10.4. The second-order valence-electron chi connectivity index (χ2n) is 7.84. The molecule has 0 radical (unpaired) electrons. The molecule has 8 nitrogen and oxygen atoms in total. The highest BCUT2D eigenvalue weighted by atomic mass is 32.1. The summed E-state index contributed by atoms with van der Waals surface area (Å²) in [6, 6.07) is 10.9. The molecule has 1 aliphatic heterocycles. The fourth-order valence-electron chi connectivity index (χ4n) is 3.41. The third kappa shape index (κ3) is 6.40. The first-order valence-corrected chi connectivity index (χ1v) is 11.3. The Labute approximate surface area is 191 Å². The van der Waals surface area contributed by atoms with E-state index in [9.17, 15) is 19.2 Å². The number of aryl methyl sites for hydroxylation is 1. The van der Waals surface area contributed by atoms with Crippen LogP contribution in [-0.2, 0) is 19.1 Å². The van der Waals surface area contributed by atoms with Crippen molar-refractivity contribution < 1.29 is 23.9 Å². The lowest BCUT2D eigenvalue weighted by Crippen LogP contribution is -2.43. The third-order valence-corrected chi connectivity index (χ3v) is 6.11. The number of carbonyl (C=O) groups is 4. The number of nitrogens with one attached hydrogen (secondary N) is 1. The molecule has 1 aliphatic rings. The van der Waals surface area contributed by atoms with Gasteiger partial charge in [0.1, 0.15) is 0 Å². The van der Waals surface area contributed by atoms with Crippen LogP contribution in [0.4, 0.5) is 5.69 Å². The minimum atomic E-state index is -0.500. The number of amides is 3. The molecule has 3 rings (SSSR count). The average Bonchev–Trinajstić information content (AvgIpc) is 3.33. The molecule has 170 valence electrons. The first-order chi connectivity index (χ1) is 15.3. The lowest BCUT2D eigenvalue weighted by atomic mass is 9.98. The minimum Gasteiger partial charge on any atom is -0.455 e. The predicted octanol–water partition coefficient (Wildman–Crippen LogP) is 2.55. The van der Waals surface area contributed by atoms with Gasteiger partial charge < -0.3 is 19.9 Å². The number of hydrogen-bond acceptors (Lipinski definition) is 6. The van der Waals surface area contributed by atoms with Gasteiger partial charge in [0, 0.05) is 25.8 Å². The molecule has 1 aromatic heterocycles. The van der Waals surface area contributed by atoms with Gasteiger partial charge in [0.05, 0.1) is 17.3 Å². The second-order valence-corrected chi connectivity index (χ2v) is 8.79. The number of carbonyl (C=O) groups excluding carboxylic acids is 4. The van der Waals surface area contributed by atoms with Crippen molar-refractivity contribution >= 4 is 40.7 Å². The molecule has 0 bridgehead atoms. The molecule has 2 aromatic rings. The largest absolute Gasteiger partial charge is 0.455 e. The monoisotopic (exact) mass is 457 g/mol. The number of esters is 1. The van der Waals surface area contributed by atoms with Crippen molar-refractivity contribution in [3.63, 3.8) is 0 Å². The van der Waals surface area contributed by atoms with Crippen LogP contribution in [0.1, 0.15) is 28.1 Å². The zero-order valence-corrected chi connectivity index (χ0v) is 19.0. The zero-order chi connectivity index (χ0) is 23.1. The maximum Gasteiger partial charge on any atom is 0.311 e. The van der Waals surface area contributed by atoms with Crippen molar-refractivity contribution in [1.82, 2.24) is 9.80 Å². The number of likely N-dealkylation sites (N-methyl/N-ethyl adjacent to an activating group) is 1. The van der Waals surface area contributed by atoms with Gasteiger partial charge in [-0.25, -0.2) is 0 Å². The molecule has 1 fully saturated rings. The Kier molecular flexibility index (Phi) is 7.99. The Hall–Kier alpha value is -3.20. The molecule has 9 heteroatoms. The van der Waals surface area contributed by atoms with Crippen LogP contribution in [0.2, 0.25) is 0 Å². The molecule has 0 saturated carbocycles. The second kappa shape index (κ2) is 10.9. The van der Waals surface area contributed by atoms with E-state index < -0.39 is 24.4 Å². The maximum absolute atomic E-state index is 12.5. The van der Waals surface area contributed by atoms with Crippen LogP contribution in [0.15, 0.2) is 41.8 Å². The van der Waals surface area contributed by atoms with Gasteiger partial charge in [0.15, 0.2) is 6.61 Å². The van der Waals surface area contributed by atoms with Crippen molar-refractivity contribution in [2.24, 2.45) is 5.92 Å². The van der Waals surface area contributed by atoms with E-state index >= 15 is 0 Å². The van der Waals surface area contributed by atoms with Crippen molar-refractivity contribution in [2.75, 3.05) is 38.6 Å². The highest BCUT2D eigenvalue weighted by Crippen LogP contribution is 2.21. The maximum atomic E-state index is 12.5. The Bertz CT molecular complexity index is 959. The Morgan fingerprint density at radius 2 is 1.94 bits per heavy atom. The standard InChI is InChI=1S/C23H27N3O5S/c1-16-7-9-18(10-8-16)24-20(27)14-25(2)21(28)15-31-23(30)17-5-3-11-26(13-17)22(29)19-6-4-12-32-19/h4,6-10,12,17H,3,5,11,13-15H2,1-2H3,(H,24,27)/t17-/m0/s1. The van der Waals surface area contributed by atoms with E-state index in [0.29, 0.717) is 30.0 Å². The Morgan fingerprint density at radius 3 is 2.62 bits per heavy atom. The number of rotatable bonds is 7. The van der Waals surface area contributed by atoms with Crippen molar-refractivity contribution in [1.29, 1.82) is 0 Å². The van der Waals surface area contributed by atoms with E-state index in [1.807, 2.05) is 30.5 Å². The molecule has 1 saturated heterocycles. The van der Waals surface area contributed by atoms with Gasteiger partial charge in [-0.05, 0) is 43.3 Å². The molecule has 32 heavy (non-hydrogen) atoms. The van der Waals surface area contributed by atoms with Gasteiger partial charge in [0.2, 0.25) is 5.91 Å². The predicted molar refractivity (Wildman–Crippen MR) is 121 cm³/mol. The van der Waals surface area contributed by atoms with Gasteiger partial charge in [0.25, 0.3) is 11.8 Å². The van der Waals surface area contributed by atoms with Gasteiger partial charge in [-0.1, -0.05) is 23.8 Å². The van der Waals surface area contributed by atoms with E-state index in [2.05, 4.69) is 5.32 Å². The van der Waals surface area contributed by atoms with Gasteiger partial charge in [-0.15, -0.1) is 11.3 Å². The summed E-state index contributed by atoms with van der Waals surface area (Å²) in [6.07, 6.45) is 1.31. The molecule has 0 aliphatic carbocycles. The van der Waals surface area contributed by atoms with Crippen molar-refractivity contribution in [3.8, 4) is 0 Å². The van der Waals surface area contributed by atoms with Gasteiger partial charge >= 0.3 is 5.97 Å². The summed E-state index contributed by atoms with van der Waals surface area (Å²) < 4.78 is 5.20. The fraction of sp³-hybridized carbons (Fsp3) is 0.391. The lowest BCUT2D eigenvalue weighted by molar-refractivity contribution is -0.156. The topological polar surface area (TPSA) is 96.0 Å². The smallest absolute Gasteiger partial charge is 0.311 e. The fourth-order valence-corrected chi connectivity index (χ4v) is 4.10. The van der Waals surface area contributed by atoms with Crippen LogP contribution in [0.25, 0.3) is 0 Å². The third-order valence-electron chi connectivity index (χ3n) is 5.25. The summed E-state index contributed by atoms with van der Waals surface area (Å²) in [5, 5.41) is 4.56. The number of hydrogen-bond donors (Lipinski definition) is 1. The summed E-state index contributed by atoms with van der Waals surface area (Å²) in [6.45, 7) is 2.22. The number of piperidine rings is 1. The lowest BCUT2D eigenvalue weighted by Gasteiger charge is -2.31. The first kappa shape index (κ1) is 23.5. The summed E-state index contributed by atoms with van der Waals surface area (Å²) in [5.41, 5.74) is 1.72. The van der Waals surface area contributed by atoms with Crippen LogP contribution in [0, 0.1) is 12.8 Å². The number of thiophene rings is 1. The summed E-state index contributed by atoms with van der Waals surface area (Å²) >= 11 is 1.37. The van der Waals surface area contributed by atoms with Crippen LogP contribution in [0.3, 0.4) is 0 Å². The summed E-state index contributed by atoms with van der Waals surface area (Å²) in [4.78, 5) is 52.9. The van der Waals surface area contributed by atoms with Gasteiger partial charge in [-0.3, -0.25) is 19.2 Å². The number of likely N-dealkylation sites (tertiary alicyclic amines) is 1. The Balaban J connectivity index is 1.43. The van der Waals surface area contributed by atoms with E-state index in [0.717, 1.165) is 5.56 Å². The highest BCUT2D eigenvalue weighted by molar-refractivity contribution is 7.12. The van der Waals surface area contributed by atoms with Crippen LogP contribution in [0.5, 0.6) is 0 Å². The Morgan fingerprint density at radius 1 is 1.19 bits per heavy atom. The van der Waals surface area contributed by atoms with Crippen LogP contribution >= 0.6 is 11.3 Å². The van der Waals surface area contributed by atoms with Crippen molar-refractivity contribution in [2.45, 2.75) is 19.8 Å². The van der Waals surface area contributed by atoms with E-state index in [4.69, 9.17) is 4.74 Å². The average molecular weight is 458 g/mol. The number of nitrogens with zero attached hydrogens (tertiary/aromatic N) is 2. The van der Waals surface area contributed by atoms with E-state index in [1.54, 1.807) is 23.1 Å². The molecular weight excluding hydrogens is 430 g/mol. The van der Waals surface area contributed by atoms with Crippen LogP contribution in [-0.4, -0.2) is 66.8 Å². The molecule has 3 amide bonds. The van der Waals surface area contributed by atoms with E-state index in [-0.39, 0.29) is 24.9 Å². The molecular formula is C23H27N3O5S. The van der Waals surface area contributed by atoms with E-state index in [1.165, 1.54) is 23.3 Å². The molecule has 0 spiro atoms. The minimum absolute atomic E-state index is 0.0899. The molecule has 2 heterocycles. The normalized spacial score (nSPS) is 15.7. The SMILES string of the molecule is Cc1ccc(NC(=O)CN(C)C(=O)COC(=O)[C@H]2CCCN(C(=O)c3cccs3)C2)cc1. The number of ether oxygens (including phenoxy) is 1. The summed E-state index contributed by atoms with van der Waals surface area (Å²) in [5.74, 6) is -1.87. The molecule has 1 atom stereocenters. The molecule has 0 unspecified atom stereocenters. The van der Waals surface area contributed by atoms with Crippen molar-refractivity contribution in [3.05, 3.63) is 52.2 Å². The van der Waals surface area contributed by atoms with Crippen LogP contribution < -0.4 is 5.32 Å². The zero-order valence-electron chi connectivity index (χ0n) is 18.2. The number of anilines is 1. The molecule has 1 aromatic carbocycles. The number of benzene rings is 1. The van der Waals surface area contributed by atoms with Gasteiger partial charge in [-0.2, -0.15) is 0 Å².